The molecule has 4 rings (SSSR count). The lowest BCUT2D eigenvalue weighted by Crippen LogP contribution is -2.36. The van der Waals surface area contributed by atoms with Crippen molar-refractivity contribution in [2.45, 2.75) is 5.79 Å². The summed E-state index contributed by atoms with van der Waals surface area (Å²) in [5.41, 5.74) is 1.53. The zero-order valence-electron chi connectivity index (χ0n) is 13.5. The molecule has 26 heavy (non-hydrogen) atoms. The number of nitriles is 1. The number of carboxylic acid groups (broad SMARTS) is 1. The minimum Gasteiger partial charge on any atom is -0.478 e. The van der Waals surface area contributed by atoms with E-state index < -0.39 is 11.8 Å². The molecule has 5 nitrogen and oxygen atoms in total. The van der Waals surface area contributed by atoms with Gasteiger partial charge in [0.2, 0.25) is 0 Å². The molecule has 126 valence electrons. The van der Waals surface area contributed by atoms with Gasteiger partial charge in [-0.05, 0) is 6.07 Å². The Labute approximate surface area is 149 Å². The van der Waals surface area contributed by atoms with Gasteiger partial charge < -0.3 is 14.6 Å². The third-order valence-electron chi connectivity index (χ3n) is 4.22. The van der Waals surface area contributed by atoms with Gasteiger partial charge in [0.15, 0.2) is 11.5 Å². The highest BCUT2D eigenvalue weighted by atomic mass is 16.7. The van der Waals surface area contributed by atoms with Gasteiger partial charge in [0.1, 0.15) is 5.56 Å². The van der Waals surface area contributed by atoms with Gasteiger partial charge in [0.05, 0.1) is 11.6 Å². The van der Waals surface area contributed by atoms with E-state index in [9.17, 15) is 15.2 Å². The standard InChI is InChI=1S/C21H13NO4/c22-13-14-11-17(20(23)24)19-18(12-14)25-21(26-19,15-7-3-1-4-8-15)16-9-5-2-6-10-16/h1-12H,(H,23,24). The van der Waals surface area contributed by atoms with Gasteiger partial charge in [-0.25, -0.2) is 4.79 Å². The van der Waals surface area contributed by atoms with Gasteiger partial charge in [-0.15, -0.1) is 0 Å². The molecule has 0 saturated carbocycles. The Morgan fingerprint density at radius 2 is 1.50 bits per heavy atom. The van der Waals surface area contributed by atoms with Crippen molar-refractivity contribution in [2.75, 3.05) is 0 Å². The Hall–Kier alpha value is -3.78. The lowest BCUT2D eigenvalue weighted by Gasteiger charge is -2.28. The Balaban J connectivity index is 1.95. The van der Waals surface area contributed by atoms with Crippen molar-refractivity contribution in [1.82, 2.24) is 0 Å². The molecule has 1 heterocycles. The summed E-state index contributed by atoms with van der Waals surface area (Å²) in [6.07, 6.45) is 0. The first-order chi connectivity index (χ1) is 12.6. The SMILES string of the molecule is N#Cc1cc2c(c(C(=O)O)c1)OC(c1ccccc1)(c1ccccc1)O2. The predicted octanol–water partition coefficient (Wildman–Crippen LogP) is 3.93. The smallest absolute Gasteiger partial charge is 0.339 e. The van der Waals surface area contributed by atoms with Crippen molar-refractivity contribution in [3.05, 3.63) is 95.1 Å². The van der Waals surface area contributed by atoms with Crippen molar-refractivity contribution in [3.8, 4) is 17.6 Å². The van der Waals surface area contributed by atoms with E-state index in [1.807, 2.05) is 66.7 Å². The molecular weight excluding hydrogens is 330 g/mol. The minimum atomic E-state index is -1.32. The van der Waals surface area contributed by atoms with Crippen LogP contribution in [0.1, 0.15) is 27.0 Å². The van der Waals surface area contributed by atoms with Crippen LogP contribution in [0.2, 0.25) is 0 Å². The molecule has 0 unspecified atom stereocenters. The fraction of sp³-hybridized carbons (Fsp3) is 0.0476. The Morgan fingerprint density at radius 1 is 0.923 bits per heavy atom. The van der Waals surface area contributed by atoms with Crippen LogP contribution in [0.4, 0.5) is 0 Å². The van der Waals surface area contributed by atoms with Gasteiger partial charge >= 0.3 is 11.8 Å². The van der Waals surface area contributed by atoms with Crippen LogP contribution in [0, 0.1) is 11.3 Å². The van der Waals surface area contributed by atoms with E-state index in [0.29, 0.717) is 0 Å². The molecule has 0 spiro atoms. The number of nitrogens with zero attached hydrogens (tertiary/aromatic N) is 1. The van der Waals surface area contributed by atoms with Gasteiger partial charge in [0.25, 0.3) is 0 Å². The molecule has 1 aliphatic heterocycles. The zero-order valence-corrected chi connectivity index (χ0v) is 13.5. The Morgan fingerprint density at radius 3 is 2.00 bits per heavy atom. The molecular formula is C21H13NO4. The predicted molar refractivity (Wildman–Crippen MR) is 93.0 cm³/mol. The van der Waals surface area contributed by atoms with Gasteiger partial charge in [-0.3, -0.25) is 0 Å². The quantitative estimate of drug-likeness (QED) is 0.779. The second kappa shape index (κ2) is 5.94. The topological polar surface area (TPSA) is 79.6 Å². The summed E-state index contributed by atoms with van der Waals surface area (Å²) in [5, 5.41) is 18.7. The van der Waals surface area contributed by atoms with Crippen LogP contribution in [-0.2, 0) is 5.79 Å². The summed E-state index contributed by atoms with van der Waals surface area (Å²) < 4.78 is 12.3. The van der Waals surface area contributed by atoms with Crippen LogP contribution >= 0.6 is 0 Å². The number of hydrogen-bond donors (Lipinski definition) is 1. The van der Waals surface area contributed by atoms with E-state index in [0.717, 1.165) is 11.1 Å². The van der Waals surface area contributed by atoms with Crippen LogP contribution < -0.4 is 9.47 Å². The maximum Gasteiger partial charge on any atom is 0.339 e. The van der Waals surface area contributed by atoms with Crippen LogP contribution in [0.5, 0.6) is 11.5 Å². The summed E-state index contributed by atoms with van der Waals surface area (Å²) in [4.78, 5) is 11.7. The van der Waals surface area contributed by atoms with E-state index in [2.05, 4.69) is 0 Å². The second-order valence-electron chi connectivity index (χ2n) is 5.82. The van der Waals surface area contributed by atoms with E-state index in [-0.39, 0.29) is 22.6 Å². The van der Waals surface area contributed by atoms with Crippen molar-refractivity contribution in [1.29, 1.82) is 5.26 Å². The summed E-state index contributed by atoms with van der Waals surface area (Å²) in [5.74, 6) is -2.15. The molecule has 0 saturated heterocycles. The molecule has 1 aliphatic rings. The zero-order chi connectivity index (χ0) is 18.1. The first-order valence-electron chi connectivity index (χ1n) is 7.94. The average molecular weight is 343 g/mol. The summed E-state index contributed by atoms with van der Waals surface area (Å²) in [6.45, 7) is 0. The molecule has 5 heteroatoms. The number of ether oxygens (including phenoxy) is 2. The fourth-order valence-electron chi connectivity index (χ4n) is 3.04. The molecule has 0 atom stereocenters. The number of carbonyl (C=O) groups is 1. The summed E-state index contributed by atoms with van der Waals surface area (Å²) in [7, 11) is 0. The highest BCUT2D eigenvalue weighted by molar-refractivity contribution is 5.93. The fourth-order valence-corrected chi connectivity index (χ4v) is 3.04. The second-order valence-corrected chi connectivity index (χ2v) is 5.82. The third kappa shape index (κ3) is 2.36. The van der Waals surface area contributed by atoms with E-state index in [4.69, 9.17) is 9.47 Å². The molecule has 0 aliphatic carbocycles. The Kier molecular flexibility index (Phi) is 3.59. The normalized spacial score (nSPS) is 13.8. The summed E-state index contributed by atoms with van der Waals surface area (Å²) >= 11 is 0. The van der Waals surface area contributed by atoms with Crippen LogP contribution in [-0.4, -0.2) is 11.1 Å². The van der Waals surface area contributed by atoms with Crippen LogP contribution in [0.25, 0.3) is 0 Å². The van der Waals surface area contributed by atoms with Crippen molar-refractivity contribution in [3.63, 3.8) is 0 Å². The van der Waals surface area contributed by atoms with Crippen molar-refractivity contribution < 1.29 is 19.4 Å². The van der Waals surface area contributed by atoms with Crippen LogP contribution in [0.15, 0.2) is 72.8 Å². The highest BCUT2D eigenvalue weighted by Gasteiger charge is 2.47. The average Bonchev–Trinajstić information content (AvgIpc) is 3.09. The maximum absolute atomic E-state index is 11.7. The van der Waals surface area contributed by atoms with Gasteiger partial charge in [-0.1, -0.05) is 60.7 Å². The molecule has 3 aromatic rings. The summed E-state index contributed by atoms with van der Waals surface area (Å²) in [6, 6.07) is 23.3. The van der Waals surface area contributed by atoms with Gasteiger partial charge in [-0.2, -0.15) is 5.26 Å². The Bertz CT molecular complexity index is 984. The lowest BCUT2D eigenvalue weighted by molar-refractivity contribution is -0.0462. The molecule has 0 amide bonds. The number of hydrogen-bond acceptors (Lipinski definition) is 4. The molecule has 0 bridgehead atoms. The highest BCUT2D eigenvalue weighted by Crippen LogP contribution is 2.49. The number of rotatable bonds is 3. The minimum absolute atomic E-state index is 0.104. The number of benzene rings is 3. The van der Waals surface area contributed by atoms with E-state index in [1.165, 1.54) is 12.1 Å². The molecule has 0 aromatic heterocycles. The first-order valence-corrected chi connectivity index (χ1v) is 7.94. The molecule has 3 aromatic carbocycles. The monoisotopic (exact) mass is 343 g/mol. The van der Waals surface area contributed by atoms with Gasteiger partial charge in [0, 0.05) is 17.2 Å². The molecule has 0 radical (unpaired) electrons. The number of fused-ring (bicyclic) bond motifs is 1. The van der Waals surface area contributed by atoms with E-state index in [1.54, 1.807) is 0 Å². The van der Waals surface area contributed by atoms with Crippen LogP contribution in [0.3, 0.4) is 0 Å². The maximum atomic E-state index is 11.7. The molecule has 1 N–H and O–H groups in total. The lowest BCUT2D eigenvalue weighted by atomic mass is 9.97. The third-order valence-corrected chi connectivity index (χ3v) is 4.22. The van der Waals surface area contributed by atoms with E-state index >= 15 is 0 Å². The molecule has 0 fully saturated rings. The first kappa shape index (κ1) is 15.7. The van der Waals surface area contributed by atoms with Crippen molar-refractivity contribution in [2.24, 2.45) is 0 Å². The largest absolute Gasteiger partial charge is 0.478 e. The number of carboxylic acids is 1. The number of aromatic carboxylic acids is 1. The van der Waals surface area contributed by atoms with Crippen molar-refractivity contribution >= 4 is 5.97 Å².